The van der Waals surface area contributed by atoms with Crippen LogP contribution in [0.1, 0.15) is 22.3 Å². The van der Waals surface area contributed by atoms with Gasteiger partial charge < -0.3 is 9.47 Å². The number of carbonyl (C=O) groups is 1. The SMILES string of the molecule is Cc1ccc(COc2cccc(/C=C3\N=C(c4cccc(Br)c4)OC3=O)c2)cc1. The highest BCUT2D eigenvalue weighted by Gasteiger charge is 2.24. The van der Waals surface area contributed by atoms with Crippen molar-refractivity contribution in [3.05, 3.63) is 105 Å². The maximum atomic E-state index is 12.2. The van der Waals surface area contributed by atoms with Crippen LogP contribution < -0.4 is 4.74 Å². The maximum absolute atomic E-state index is 12.2. The van der Waals surface area contributed by atoms with Crippen LogP contribution in [0.5, 0.6) is 5.75 Å². The van der Waals surface area contributed by atoms with E-state index in [9.17, 15) is 4.79 Å². The van der Waals surface area contributed by atoms with E-state index in [-0.39, 0.29) is 5.70 Å². The summed E-state index contributed by atoms with van der Waals surface area (Å²) in [6.45, 7) is 2.54. The average Bonchev–Trinajstić information content (AvgIpc) is 3.08. The van der Waals surface area contributed by atoms with Gasteiger partial charge in [-0.1, -0.05) is 64.0 Å². The molecule has 1 aliphatic rings. The summed E-state index contributed by atoms with van der Waals surface area (Å²) in [5.74, 6) is 0.558. The average molecular weight is 448 g/mol. The van der Waals surface area contributed by atoms with Gasteiger partial charge in [0.2, 0.25) is 5.90 Å². The normalized spacial score (nSPS) is 14.6. The number of hydrogen-bond acceptors (Lipinski definition) is 4. The maximum Gasteiger partial charge on any atom is 0.363 e. The molecule has 3 aromatic rings. The van der Waals surface area contributed by atoms with Crippen molar-refractivity contribution in [2.45, 2.75) is 13.5 Å². The van der Waals surface area contributed by atoms with Crippen LogP contribution in [0.25, 0.3) is 6.08 Å². The molecule has 0 N–H and O–H groups in total. The third kappa shape index (κ3) is 4.81. The predicted molar refractivity (Wildman–Crippen MR) is 117 cm³/mol. The third-order valence-corrected chi connectivity index (χ3v) is 4.87. The summed E-state index contributed by atoms with van der Waals surface area (Å²) in [4.78, 5) is 16.6. The van der Waals surface area contributed by atoms with Crippen molar-refractivity contribution in [3.8, 4) is 5.75 Å². The number of nitrogens with zero attached hydrogens (tertiary/aromatic N) is 1. The van der Waals surface area contributed by atoms with Gasteiger partial charge in [0.05, 0.1) is 0 Å². The number of ether oxygens (including phenoxy) is 2. The molecule has 0 saturated heterocycles. The highest BCUT2D eigenvalue weighted by Crippen LogP contribution is 2.23. The number of cyclic esters (lactones) is 1. The number of esters is 1. The van der Waals surface area contributed by atoms with Crippen LogP contribution in [0.4, 0.5) is 0 Å². The second-order valence-corrected chi connectivity index (χ2v) is 7.61. The van der Waals surface area contributed by atoms with Crippen LogP contribution in [0.15, 0.2) is 88.0 Å². The van der Waals surface area contributed by atoms with Crippen LogP contribution in [-0.2, 0) is 16.1 Å². The van der Waals surface area contributed by atoms with E-state index in [4.69, 9.17) is 9.47 Å². The Morgan fingerprint density at radius 2 is 1.83 bits per heavy atom. The standard InChI is InChI=1S/C24H18BrNO3/c1-16-8-10-17(11-9-16)15-28-21-7-2-4-18(12-21)13-22-24(27)29-23(26-22)19-5-3-6-20(25)14-19/h2-14H,15H2,1H3/b22-13-. The van der Waals surface area contributed by atoms with E-state index in [2.05, 4.69) is 40.0 Å². The molecule has 0 amide bonds. The Morgan fingerprint density at radius 3 is 2.62 bits per heavy atom. The second kappa shape index (κ2) is 8.45. The number of rotatable bonds is 5. The second-order valence-electron chi connectivity index (χ2n) is 6.69. The lowest BCUT2D eigenvalue weighted by Crippen LogP contribution is -2.05. The molecule has 0 atom stereocenters. The summed E-state index contributed by atoms with van der Waals surface area (Å²) in [7, 11) is 0. The first-order valence-corrected chi connectivity index (χ1v) is 9.93. The van der Waals surface area contributed by atoms with E-state index in [1.54, 1.807) is 6.08 Å². The fourth-order valence-electron chi connectivity index (χ4n) is 2.86. The molecule has 0 aliphatic carbocycles. The van der Waals surface area contributed by atoms with E-state index in [0.717, 1.165) is 26.9 Å². The Kier molecular flexibility index (Phi) is 5.58. The van der Waals surface area contributed by atoms with Crippen molar-refractivity contribution in [2.75, 3.05) is 0 Å². The third-order valence-electron chi connectivity index (χ3n) is 4.38. The molecule has 4 rings (SSSR count). The fourth-order valence-corrected chi connectivity index (χ4v) is 3.26. The molecule has 0 aromatic heterocycles. The lowest BCUT2D eigenvalue weighted by molar-refractivity contribution is -0.129. The molecule has 1 aliphatic heterocycles. The molecule has 1 heterocycles. The summed E-state index contributed by atoms with van der Waals surface area (Å²) in [5.41, 5.74) is 4.13. The van der Waals surface area contributed by atoms with Crippen molar-refractivity contribution in [2.24, 2.45) is 4.99 Å². The van der Waals surface area contributed by atoms with Gasteiger partial charge in [-0.05, 0) is 54.5 Å². The van der Waals surface area contributed by atoms with Gasteiger partial charge in [-0.3, -0.25) is 0 Å². The molecule has 144 valence electrons. The lowest BCUT2D eigenvalue weighted by Gasteiger charge is -2.07. The smallest absolute Gasteiger partial charge is 0.363 e. The minimum Gasteiger partial charge on any atom is -0.489 e. The molecule has 0 unspecified atom stereocenters. The molecule has 0 bridgehead atoms. The molecule has 0 radical (unpaired) electrons. The van der Waals surface area contributed by atoms with Crippen LogP contribution >= 0.6 is 15.9 Å². The van der Waals surface area contributed by atoms with E-state index >= 15 is 0 Å². The van der Waals surface area contributed by atoms with Gasteiger partial charge >= 0.3 is 5.97 Å². The van der Waals surface area contributed by atoms with Crippen LogP contribution in [-0.4, -0.2) is 11.9 Å². The Balaban J connectivity index is 1.51. The number of carbonyl (C=O) groups excluding carboxylic acids is 1. The first kappa shape index (κ1) is 19.2. The quantitative estimate of drug-likeness (QED) is 0.373. The Morgan fingerprint density at radius 1 is 1.03 bits per heavy atom. The highest BCUT2D eigenvalue weighted by molar-refractivity contribution is 9.10. The van der Waals surface area contributed by atoms with Crippen molar-refractivity contribution in [1.82, 2.24) is 0 Å². The van der Waals surface area contributed by atoms with Gasteiger partial charge in [0.15, 0.2) is 5.70 Å². The Bertz CT molecular complexity index is 1120. The van der Waals surface area contributed by atoms with Gasteiger partial charge in [-0.15, -0.1) is 0 Å². The van der Waals surface area contributed by atoms with E-state index in [1.807, 2.05) is 60.7 Å². The molecular weight excluding hydrogens is 430 g/mol. The summed E-state index contributed by atoms with van der Waals surface area (Å²) in [5, 5.41) is 0. The minimum absolute atomic E-state index is 0.260. The van der Waals surface area contributed by atoms with E-state index < -0.39 is 5.97 Å². The topological polar surface area (TPSA) is 47.9 Å². The molecule has 3 aromatic carbocycles. The van der Waals surface area contributed by atoms with E-state index in [1.165, 1.54) is 5.56 Å². The number of benzene rings is 3. The summed E-state index contributed by atoms with van der Waals surface area (Å²) in [6.07, 6.45) is 1.70. The van der Waals surface area contributed by atoms with Gasteiger partial charge in [0.25, 0.3) is 0 Å². The highest BCUT2D eigenvalue weighted by atomic mass is 79.9. The molecule has 0 saturated carbocycles. The first-order chi connectivity index (χ1) is 14.1. The van der Waals surface area contributed by atoms with Crippen molar-refractivity contribution >= 4 is 33.9 Å². The number of halogens is 1. The largest absolute Gasteiger partial charge is 0.489 e. The minimum atomic E-state index is -0.467. The zero-order chi connectivity index (χ0) is 20.2. The van der Waals surface area contributed by atoms with Crippen LogP contribution in [0.3, 0.4) is 0 Å². The molecular formula is C24H18BrNO3. The lowest BCUT2D eigenvalue weighted by atomic mass is 10.1. The molecule has 29 heavy (non-hydrogen) atoms. The zero-order valence-corrected chi connectivity index (χ0v) is 17.3. The van der Waals surface area contributed by atoms with Gasteiger partial charge in [-0.2, -0.15) is 0 Å². The summed E-state index contributed by atoms with van der Waals surface area (Å²) < 4.78 is 12.1. The monoisotopic (exact) mass is 447 g/mol. The Labute approximate surface area is 177 Å². The summed E-state index contributed by atoms with van der Waals surface area (Å²) >= 11 is 3.41. The van der Waals surface area contributed by atoms with Crippen molar-refractivity contribution in [1.29, 1.82) is 0 Å². The van der Waals surface area contributed by atoms with Crippen LogP contribution in [0, 0.1) is 6.92 Å². The fraction of sp³-hybridized carbons (Fsp3) is 0.0833. The van der Waals surface area contributed by atoms with Gasteiger partial charge in [0.1, 0.15) is 12.4 Å². The van der Waals surface area contributed by atoms with Crippen molar-refractivity contribution < 1.29 is 14.3 Å². The summed E-state index contributed by atoms with van der Waals surface area (Å²) in [6, 6.07) is 23.2. The molecule has 0 fully saturated rings. The first-order valence-electron chi connectivity index (χ1n) is 9.14. The van der Waals surface area contributed by atoms with Crippen LogP contribution in [0.2, 0.25) is 0 Å². The zero-order valence-electron chi connectivity index (χ0n) is 15.8. The molecule has 4 nitrogen and oxygen atoms in total. The number of hydrogen-bond donors (Lipinski definition) is 0. The molecule has 5 heteroatoms. The van der Waals surface area contributed by atoms with E-state index in [0.29, 0.717) is 12.5 Å². The number of aryl methyl sites for hydroxylation is 1. The molecule has 0 spiro atoms. The van der Waals surface area contributed by atoms with Gasteiger partial charge in [0, 0.05) is 10.0 Å². The Hall–Kier alpha value is -3.18. The van der Waals surface area contributed by atoms with Crippen molar-refractivity contribution in [3.63, 3.8) is 0 Å². The predicted octanol–water partition coefficient (Wildman–Crippen LogP) is 5.68. The van der Waals surface area contributed by atoms with Gasteiger partial charge in [-0.25, -0.2) is 9.79 Å². The number of aliphatic imine (C=N–C) groups is 1.